The van der Waals surface area contributed by atoms with E-state index in [0.717, 1.165) is 19.3 Å². The number of anilines is 2. The van der Waals surface area contributed by atoms with Crippen LogP contribution in [0.1, 0.15) is 32.6 Å². The highest BCUT2D eigenvalue weighted by Crippen LogP contribution is 2.37. The van der Waals surface area contributed by atoms with Gasteiger partial charge < -0.3 is 15.7 Å². The molecule has 1 fully saturated rings. The largest absolute Gasteiger partial charge is 0.392 e. The molecule has 0 saturated heterocycles. The molecular weight excluding hydrogens is 264 g/mol. The Bertz CT molecular complexity index is 443. The van der Waals surface area contributed by atoms with Gasteiger partial charge >= 0.3 is 0 Å². The van der Waals surface area contributed by atoms with Crippen molar-refractivity contribution < 1.29 is 5.11 Å². The fourth-order valence-electron chi connectivity index (χ4n) is 2.59. The van der Waals surface area contributed by atoms with Gasteiger partial charge in [-0.2, -0.15) is 0 Å². The number of hydrogen-bond donors (Lipinski definition) is 3. The fraction of sp³-hybridized carbons (Fsp3) is 0.692. The Hall–Kier alpha value is -1.07. The fourth-order valence-corrected chi connectivity index (χ4v) is 2.82. The molecule has 1 aliphatic rings. The maximum absolute atomic E-state index is 10.2. The van der Waals surface area contributed by atoms with E-state index >= 15 is 0 Å². The smallest absolute Gasteiger partial charge is 0.157 e. The number of rotatable bonds is 4. The van der Waals surface area contributed by atoms with Gasteiger partial charge in [0.1, 0.15) is 12.0 Å². The minimum atomic E-state index is -0.260. The molecule has 1 saturated carbocycles. The van der Waals surface area contributed by atoms with Gasteiger partial charge in [-0.25, -0.2) is 9.97 Å². The van der Waals surface area contributed by atoms with E-state index in [1.807, 2.05) is 0 Å². The van der Waals surface area contributed by atoms with Crippen LogP contribution >= 0.6 is 11.6 Å². The summed E-state index contributed by atoms with van der Waals surface area (Å²) in [5, 5.41) is 16.9. The second-order valence-corrected chi connectivity index (χ2v) is 5.77. The number of aromatic nitrogens is 2. The van der Waals surface area contributed by atoms with Crippen LogP contribution in [0.4, 0.5) is 11.5 Å². The van der Waals surface area contributed by atoms with Gasteiger partial charge in [-0.1, -0.05) is 31.4 Å². The van der Waals surface area contributed by atoms with E-state index in [2.05, 4.69) is 27.5 Å². The van der Waals surface area contributed by atoms with E-state index in [4.69, 9.17) is 11.6 Å². The number of aliphatic hydroxyl groups excluding tert-OH is 1. The summed E-state index contributed by atoms with van der Waals surface area (Å²) in [7, 11) is 1.78. The van der Waals surface area contributed by atoms with Crippen molar-refractivity contribution in [1.82, 2.24) is 9.97 Å². The third-order valence-electron chi connectivity index (χ3n) is 3.99. The average Bonchev–Trinajstić information content (AvgIpc) is 2.40. The quantitative estimate of drug-likeness (QED) is 0.741. The molecule has 0 radical (unpaired) electrons. The van der Waals surface area contributed by atoms with Gasteiger partial charge in [0.15, 0.2) is 11.0 Å². The Morgan fingerprint density at radius 1 is 1.47 bits per heavy atom. The Kier molecular flexibility index (Phi) is 4.47. The summed E-state index contributed by atoms with van der Waals surface area (Å²) in [6, 6.07) is 0. The van der Waals surface area contributed by atoms with Crippen LogP contribution in [0.5, 0.6) is 0 Å². The van der Waals surface area contributed by atoms with Crippen LogP contribution in [0, 0.1) is 5.41 Å². The van der Waals surface area contributed by atoms with Crippen molar-refractivity contribution in [2.45, 2.75) is 38.7 Å². The Morgan fingerprint density at radius 3 is 2.95 bits per heavy atom. The van der Waals surface area contributed by atoms with E-state index in [1.54, 1.807) is 7.05 Å². The van der Waals surface area contributed by atoms with Gasteiger partial charge in [0, 0.05) is 19.0 Å². The third-order valence-corrected chi connectivity index (χ3v) is 4.28. The Labute approximate surface area is 118 Å². The van der Waals surface area contributed by atoms with E-state index in [-0.39, 0.29) is 11.5 Å². The van der Waals surface area contributed by atoms with Crippen LogP contribution in [0.2, 0.25) is 5.15 Å². The second-order valence-electron chi connectivity index (χ2n) is 5.41. The standard InChI is InChI=1S/C13H21ClN4O/c1-13(6-4-3-5-9(13)19)7-16-12-10(15-2)11(14)17-8-18-12/h8-9,15,19H,3-7H2,1-2H3,(H,16,17,18). The molecule has 5 nitrogen and oxygen atoms in total. The van der Waals surface area contributed by atoms with Crippen molar-refractivity contribution in [2.24, 2.45) is 5.41 Å². The summed E-state index contributed by atoms with van der Waals surface area (Å²) in [6.45, 7) is 2.79. The van der Waals surface area contributed by atoms with Gasteiger partial charge in [-0.05, 0) is 12.8 Å². The van der Waals surface area contributed by atoms with Crippen LogP contribution in [0.3, 0.4) is 0 Å². The van der Waals surface area contributed by atoms with Crippen molar-refractivity contribution in [2.75, 3.05) is 24.2 Å². The van der Waals surface area contributed by atoms with E-state index in [9.17, 15) is 5.11 Å². The average molecular weight is 285 g/mol. The van der Waals surface area contributed by atoms with Gasteiger partial charge in [0.2, 0.25) is 0 Å². The number of hydrogen-bond acceptors (Lipinski definition) is 5. The molecule has 2 rings (SSSR count). The Morgan fingerprint density at radius 2 is 2.26 bits per heavy atom. The number of aliphatic hydroxyl groups is 1. The summed E-state index contributed by atoms with van der Waals surface area (Å²) in [6.07, 6.45) is 5.35. The lowest BCUT2D eigenvalue weighted by atomic mass is 9.73. The lowest BCUT2D eigenvalue weighted by Gasteiger charge is -2.38. The Balaban J connectivity index is 2.08. The second kappa shape index (κ2) is 5.92. The number of halogens is 1. The minimum absolute atomic E-state index is 0.110. The molecular formula is C13H21ClN4O. The molecule has 106 valence electrons. The zero-order valence-corrected chi connectivity index (χ0v) is 12.2. The van der Waals surface area contributed by atoms with Crippen LogP contribution in [-0.4, -0.2) is 34.8 Å². The van der Waals surface area contributed by atoms with Gasteiger partial charge in [-0.15, -0.1) is 0 Å². The third kappa shape index (κ3) is 3.09. The predicted octanol–water partition coefficient (Wildman–Crippen LogP) is 2.52. The molecule has 0 aliphatic heterocycles. The van der Waals surface area contributed by atoms with Crippen molar-refractivity contribution in [1.29, 1.82) is 0 Å². The molecule has 2 atom stereocenters. The predicted molar refractivity (Wildman–Crippen MR) is 77.7 cm³/mol. The van der Waals surface area contributed by atoms with Crippen LogP contribution in [-0.2, 0) is 0 Å². The zero-order chi connectivity index (χ0) is 13.9. The minimum Gasteiger partial charge on any atom is -0.392 e. The highest BCUT2D eigenvalue weighted by molar-refractivity contribution is 6.32. The summed E-state index contributed by atoms with van der Waals surface area (Å²) >= 11 is 6.01. The summed E-state index contributed by atoms with van der Waals surface area (Å²) in [5.41, 5.74) is 0.582. The van der Waals surface area contributed by atoms with Crippen molar-refractivity contribution in [3.05, 3.63) is 11.5 Å². The first-order chi connectivity index (χ1) is 9.07. The normalized spacial score (nSPS) is 27.1. The zero-order valence-electron chi connectivity index (χ0n) is 11.4. The molecule has 0 bridgehead atoms. The maximum Gasteiger partial charge on any atom is 0.157 e. The van der Waals surface area contributed by atoms with Crippen molar-refractivity contribution in [3.8, 4) is 0 Å². The molecule has 6 heteroatoms. The first-order valence-corrected chi connectivity index (χ1v) is 7.05. The molecule has 0 spiro atoms. The van der Waals surface area contributed by atoms with Crippen LogP contribution in [0.15, 0.2) is 6.33 Å². The SMILES string of the molecule is CNc1c(Cl)ncnc1NCC1(C)CCCCC1O. The summed E-state index contributed by atoms with van der Waals surface area (Å²) < 4.78 is 0. The monoisotopic (exact) mass is 284 g/mol. The maximum atomic E-state index is 10.2. The topological polar surface area (TPSA) is 70.1 Å². The summed E-state index contributed by atoms with van der Waals surface area (Å²) in [5.74, 6) is 0.682. The van der Waals surface area contributed by atoms with E-state index < -0.39 is 0 Å². The van der Waals surface area contributed by atoms with E-state index in [0.29, 0.717) is 23.2 Å². The molecule has 2 unspecified atom stereocenters. The first kappa shape index (κ1) is 14.3. The molecule has 1 aromatic heterocycles. The first-order valence-electron chi connectivity index (χ1n) is 6.67. The lowest BCUT2D eigenvalue weighted by molar-refractivity contribution is 0.00959. The van der Waals surface area contributed by atoms with Crippen molar-refractivity contribution in [3.63, 3.8) is 0 Å². The molecule has 1 aromatic rings. The molecule has 0 aromatic carbocycles. The molecule has 0 amide bonds. The van der Waals surface area contributed by atoms with Crippen LogP contribution in [0.25, 0.3) is 0 Å². The molecule has 3 N–H and O–H groups in total. The molecule has 1 heterocycles. The molecule has 1 aliphatic carbocycles. The highest BCUT2D eigenvalue weighted by atomic mass is 35.5. The van der Waals surface area contributed by atoms with Gasteiger partial charge in [0.25, 0.3) is 0 Å². The number of nitrogens with zero attached hydrogens (tertiary/aromatic N) is 2. The molecule has 19 heavy (non-hydrogen) atoms. The lowest BCUT2D eigenvalue weighted by Crippen LogP contribution is -2.41. The van der Waals surface area contributed by atoms with Gasteiger partial charge in [0.05, 0.1) is 6.10 Å². The van der Waals surface area contributed by atoms with Crippen LogP contribution < -0.4 is 10.6 Å². The van der Waals surface area contributed by atoms with Crippen molar-refractivity contribution >= 4 is 23.1 Å². The van der Waals surface area contributed by atoms with E-state index in [1.165, 1.54) is 12.7 Å². The highest BCUT2D eigenvalue weighted by Gasteiger charge is 2.35. The summed E-state index contributed by atoms with van der Waals surface area (Å²) in [4.78, 5) is 8.14. The van der Waals surface area contributed by atoms with Gasteiger partial charge in [-0.3, -0.25) is 0 Å². The number of nitrogens with one attached hydrogen (secondary N) is 2.